The van der Waals surface area contributed by atoms with Crippen molar-refractivity contribution in [1.29, 1.82) is 0 Å². The molecule has 0 spiro atoms. The SMILES string of the molecule is [2H]C1(S)O[C@H](CN=[N+]=[N-])[C@@H](OC(=O)c2ccccc2)[C@]1(OC(=O)c1ccc(C)cc1)c1ccccc1. The van der Waals surface area contributed by atoms with Crippen molar-refractivity contribution in [2.24, 2.45) is 5.11 Å². The summed E-state index contributed by atoms with van der Waals surface area (Å²) in [5, 5.41) is 3.56. The van der Waals surface area contributed by atoms with E-state index in [2.05, 4.69) is 22.7 Å². The highest BCUT2D eigenvalue weighted by atomic mass is 32.1. The second-order valence-corrected chi connectivity index (χ2v) is 8.33. The van der Waals surface area contributed by atoms with Gasteiger partial charge in [0.1, 0.15) is 11.5 Å². The van der Waals surface area contributed by atoms with E-state index in [0.717, 1.165) is 5.56 Å². The van der Waals surface area contributed by atoms with Crippen molar-refractivity contribution in [1.82, 2.24) is 0 Å². The van der Waals surface area contributed by atoms with Gasteiger partial charge in [-0.1, -0.05) is 71.3 Å². The third-order valence-electron chi connectivity index (χ3n) is 5.63. The molecular formula is C26H23N3O5S. The number of nitrogens with zero attached hydrogens (tertiary/aromatic N) is 3. The lowest BCUT2D eigenvalue weighted by Crippen LogP contribution is -2.50. The summed E-state index contributed by atoms with van der Waals surface area (Å²) in [6.45, 7) is 1.59. The molecule has 3 aromatic rings. The maximum atomic E-state index is 13.4. The predicted octanol–water partition coefficient (Wildman–Crippen LogP) is 5.24. The molecule has 1 heterocycles. The third kappa shape index (κ3) is 5.02. The number of benzene rings is 3. The Bertz CT molecular complexity index is 1280. The largest absolute Gasteiger partial charge is 0.451 e. The first-order valence-electron chi connectivity index (χ1n) is 11.3. The van der Waals surface area contributed by atoms with Crippen LogP contribution in [0.25, 0.3) is 10.4 Å². The highest BCUT2D eigenvalue weighted by Gasteiger charge is 2.61. The van der Waals surface area contributed by atoms with Crippen molar-refractivity contribution in [3.63, 3.8) is 0 Å². The van der Waals surface area contributed by atoms with Gasteiger partial charge >= 0.3 is 11.9 Å². The van der Waals surface area contributed by atoms with Gasteiger partial charge in [0.05, 0.1) is 19.0 Å². The summed E-state index contributed by atoms with van der Waals surface area (Å²) in [6.07, 6.45) is -2.50. The zero-order chi connectivity index (χ0) is 25.8. The Hall–Kier alpha value is -3.78. The molecule has 0 saturated carbocycles. The van der Waals surface area contributed by atoms with Crippen molar-refractivity contribution in [3.8, 4) is 0 Å². The van der Waals surface area contributed by atoms with Gasteiger partial charge in [-0.3, -0.25) is 0 Å². The van der Waals surface area contributed by atoms with Gasteiger partial charge in [0.25, 0.3) is 0 Å². The summed E-state index contributed by atoms with van der Waals surface area (Å²) in [7, 11) is 0. The molecule has 1 aliphatic heterocycles. The van der Waals surface area contributed by atoms with E-state index in [4.69, 9.17) is 21.1 Å². The van der Waals surface area contributed by atoms with Gasteiger partial charge in [0, 0.05) is 10.5 Å². The highest BCUT2D eigenvalue weighted by Crippen LogP contribution is 2.47. The normalized spacial score (nSPS) is 25.7. The minimum absolute atomic E-state index is 0.228. The average molecular weight is 491 g/mol. The number of azide groups is 1. The van der Waals surface area contributed by atoms with Gasteiger partial charge in [0.15, 0.2) is 6.10 Å². The van der Waals surface area contributed by atoms with E-state index < -0.39 is 35.2 Å². The number of esters is 2. The molecule has 4 atom stereocenters. The average Bonchev–Trinajstić information content (AvgIpc) is 3.10. The van der Waals surface area contributed by atoms with Crippen molar-refractivity contribution < 1.29 is 25.2 Å². The molecule has 3 aromatic carbocycles. The monoisotopic (exact) mass is 490 g/mol. The Kier molecular flexibility index (Phi) is 6.99. The van der Waals surface area contributed by atoms with Crippen LogP contribution < -0.4 is 0 Å². The summed E-state index contributed by atoms with van der Waals surface area (Å²) < 4.78 is 26.8. The maximum Gasteiger partial charge on any atom is 0.339 e. The van der Waals surface area contributed by atoms with Crippen molar-refractivity contribution in [3.05, 3.63) is 118 Å². The topological polar surface area (TPSA) is 111 Å². The molecule has 0 radical (unpaired) electrons. The quantitative estimate of drug-likeness (QED) is 0.160. The van der Waals surface area contributed by atoms with Crippen LogP contribution in [0.3, 0.4) is 0 Å². The Morgan fingerprint density at radius 3 is 2.26 bits per heavy atom. The Morgan fingerprint density at radius 2 is 1.63 bits per heavy atom. The van der Waals surface area contributed by atoms with Gasteiger partial charge in [-0.05, 0) is 36.7 Å². The van der Waals surface area contributed by atoms with Gasteiger partial charge < -0.3 is 14.2 Å². The minimum Gasteiger partial charge on any atom is -0.451 e. The van der Waals surface area contributed by atoms with Crippen molar-refractivity contribution in [2.75, 3.05) is 6.54 Å². The number of rotatable bonds is 7. The van der Waals surface area contributed by atoms with Crippen LogP contribution in [-0.2, 0) is 19.8 Å². The molecule has 1 fully saturated rings. The fraction of sp³-hybridized carbons (Fsp3) is 0.231. The summed E-state index contributed by atoms with van der Waals surface area (Å²) in [6, 6.07) is 23.3. The highest BCUT2D eigenvalue weighted by molar-refractivity contribution is 7.80. The van der Waals surface area contributed by atoms with E-state index in [1.807, 2.05) is 6.92 Å². The molecule has 1 saturated heterocycles. The van der Waals surface area contributed by atoms with Gasteiger partial charge in [-0.15, -0.1) is 12.6 Å². The van der Waals surface area contributed by atoms with Crippen LogP contribution in [0.4, 0.5) is 0 Å². The van der Waals surface area contributed by atoms with E-state index in [-0.39, 0.29) is 17.7 Å². The van der Waals surface area contributed by atoms with Gasteiger partial charge in [-0.25, -0.2) is 9.59 Å². The molecule has 9 heteroatoms. The molecule has 0 amide bonds. The molecule has 1 aliphatic rings. The smallest absolute Gasteiger partial charge is 0.339 e. The van der Waals surface area contributed by atoms with Crippen LogP contribution in [0.5, 0.6) is 0 Å². The Labute approximate surface area is 209 Å². The van der Waals surface area contributed by atoms with E-state index in [0.29, 0.717) is 5.56 Å². The number of aryl methyl sites for hydroxylation is 1. The van der Waals surface area contributed by atoms with Crippen LogP contribution in [0.1, 0.15) is 33.2 Å². The zero-order valence-corrected chi connectivity index (χ0v) is 19.7. The van der Waals surface area contributed by atoms with Crippen LogP contribution in [0.2, 0.25) is 0 Å². The first-order chi connectivity index (χ1) is 17.3. The molecule has 35 heavy (non-hydrogen) atoms. The molecule has 0 bridgehead atoms. The van der Waals surface area contributed by atoms with Crippen LogP contribution >= 0.6 is 12.6 Å². The van der Waals surface area contributed by atoms with E-state index in [9.17, 15) is 9.59 Å². The molecule has 4 rings (SSSR count). The van der Waals surface area contributed by atoms with Crippen molar-refractivity contribution >= 4 is 24.6 Å². The summed E-state index contributed by atoms with van der Waals surface area (Å²) in [5.74, 6) is -1.49. The van der Waals surface area contributed by atoms with Gasteiger partial charge in [-0.2, -0.15) is 0 Å². The summed E-state index contributed by atoms with van der Waals surface area (Å²) in [5.41, 5.74) is 6.42. The summed E-state index contributed by atoms with van der Waals surface area (Å²) >= 11 is 4.44. The zero-order valence-electron chi connectivity index (χ0n) is 19.8. The fourth-order valence-corrected chi connectivity index (χ4v) is 4.31. The summed E-state index contributed by atoms with van der Waals surface area (Å²) in [4.78, 5) is 29.3. The maximum absolute atomic E-state index is 13.4. The van der Waals surface area contributed by atoms with E-state index >= 15 is 0 Å². The molecular weight excluding hydrogens is 466 g/mol. The molecule has 0 aromatic heterocycles. The molecule has 1 unspecified atom stereocenters. The number of ether oxygens (including phenoxy) is 3. The lowest BCUT2D eigenvalue weighted by molar-refractivity contribution is -0.0877. The molecule has 0 aliphatic carbocycles. The number of thiol groups is 1. The number of hydrogen-bond acceptors (Lipinski definition) is 7. The van der Waals surface area contributed by atoms with Crippen LogP contribution in [0.15, 0.2) is 90.0 Å². The second-order valence-electron chi connectivity index (χ2n) is 7.92. The second kappa shape index (κ2) is 10.7. The van der Waals surface area contributed by atoms with E-state index in [1.54, 1.807) is 84.9 Å². The third-order valence-corrected chi connectivity index (χ3v) is 6.07. The standard InChI is InChI=1S/C26H23N3O5S/c1-17-12-14-19(15-13-17)24(31)34-26(20-10-6-3-7-11-20)22(21(16-28-29-27)32-25(26)35)33-23(30)18-8-4-2-5-9-18/h2-15,21-22,25,35H,16H2,1H3/t21-,22-,25?,26-/m1/s1/i25D. The lowest BCUT2D eigenvalue weighted by atomic mass is 9.87. The molecule has 178 valence electrons. The lowest BCUT2D eigenvalue weighted by Gasteiger charge is -2.36. The molecule has 0 N–H and O–H groups in total. The number of carbonyl (C=O) groups is 2. The number of carbonyl (C=O) groups excluding carboxylic acids is 2. The predicted molar refractivity (Wildman–Crippen MR) is 132 cm³/mol. The van der Waals surface area contributed by atoms with E-state index in [1.165, 1.54) is 0 Å². The Morgan fingerprint density at radius 1 is 1.03 bits per heavy atom. The molecule has 8 nitrogen and oxygen atoms in total. The first kappa shape index (κ1) is 23.0. The van der Waals surface area contributed by atoms with Crippen LogP contribution in [-0.4, -0.2) is 36.1 Å². The Balaban J connectivity index is 1.85. The van der Waals surface area contributed by atoms with Crippen molar-refractivity contribution in [2.45, 2.75) is 30.1 Å². The number of hydrogen-bond donors (Lipinski definition) is 1. The van der Waals surface area contributed by atoms with Gasteiger partial charge in [0.2, 0.25) is 5.60 Å². The fourth-order valence-electron chi connectivity index (χ4n) is 3.87. The van der Waals surface area contributed by atoms with Crippen LogP contribution in [0, 0.1) is 6.92 Å². The first-order valence-corrected chi connectivity index (χ1v) is 11.3. The minimum atomic E-state index is -2.22.